The molecule has 2 heteroatoms. The first-order valence-corrected chi connectivity index (χ1v) is 5.53. The van der Waals surface area contributed by atoms with Crippen molar-refractivity contribution in [1.29, 1.82) is 0 Å². The number of hydrogen-bond acceptors (Lipinski definition) is 2. The van der Waals surface area contributed by atoms with Gasteiger partial charge in [-0.25, -0.2) is 0 Å². The van der Waals surface area contributed by atoms with E-state index < -0.39 is 0 Å². The lowest BCUT2D eigenvalue weighted by Gasteiger charge is -2.11. The summed E-state index contributed by atoms with van der Waals surface area (Å²) in [6.07, 6.45) is 4.32. The molecule has 0 bridgehead atoms. The quantitative estimate of drug-likeness (QED) is 0.757. The number of rotatable bonds is 3. The summed E-state index contributed by atoms with van der Waals surface area (Å²) in [4.78, 5) is 0. The second-order valence-electron chi connectivity index (χ2n) is 4.01. The summed E-state index contributed by atoms with van der Waals surface area (Å²) < 4.78 is 0. The van der Waals surface area contributed by atoms with Gasteiger partial charge in [0.2, 0.25) is 0 Å². The van der Waals surface area contributed by atoms with E-state index in [2.05, 4.69) is 36.2 Å². The standard InChI is InChI=1S/C13H16N2/c1-3-6-10(2)12-9-14-15-13-8-5-4-7-11(12)13/h4-5,7-10H,3,6H2,1-2H3. The van der Waals surface area contributed by atoms with Crippen LogP contribution in [0.25, 0.3) is 10.9 Å². The largest absolute Gasteiger partial charge is 0.158 e. The van der Waals surface area contributed by atoms with E-state index in [0.717, 1.165) is 5.52 Å². The highest BCUT2D eigenvalue weighted by Gasteiger charge is 2.09. The molecular weight excluding hydrogens is 184 g/mol. The maximum atomic E-state index is 4.13. The lowest BCUT2D eigenvalue weighted by Crippen LogP contribution is -1.97. The third-order valence-electron chi connectivity index (χ3n) is 2.83. The fourth-order valence-corrected chi connectivity index (χ4v) is 2.01. The second-order valence-corrected chi connectivity index (χ2v) is 4.01. The summed E-state index contributed by atoms with van der Waals surface area (Å²) in [7, 11) is 0. The molecule has 0 aliphatic heterocycles. The van der Waals surface area contributed by atoms with Crippen LogP contribution in [-0.4, -0.2) is 10.2 Å². The molecule has 0 spiro atoms. The molecular formula is C13H16N2. The Labute approximate surface area is 90.3 Å². The third-order valence-corrected chi connectivity index (χ3v) is 2.83. The average Bonchev–Trinajstić information content (AvgIpc) is 2.28. The van der Waals surface area contributed by atoms with Gasteiger partial charge in [0.25, 0.3) is 0 Å². The Morgan fingerprint density at radius 3 is 2.87 bits per heavy atom. The van der Waals surface area contributed by atoms with Gasteiger partial charge in [0, 0.05) is 5.39 Å². The van der Waals surface area contributed by atoms with E-state index in [1.807, 2.05) is 18.3 Å². The molecule has 0 N–H and O–H groups in total. The van der Waals surface area contributed by atoms with Crippen LogP contribution < -0.4 is 0 Å². The summed E-state index contributed by atoms with van der Waals surface area (Å²) in [5, 5.41) is 9.44. The summed E-state index contributed by atoms with van der Waals surface area (Å²) in [5.74, 6) is 0.565. The molecule has 78 valence electrons. The van der Waals surface area contributed by atoms with E-state index in [4.69, 9.17) is 0 Å². The Hall–Kier alpha value is -1.44. The zero-order valence-corrected chi connectivity index (χ0v) is 9.27. The highest BCUT2D eigenvalue weighted by atomic mass is 15.1. The van der Waals surface area contributed by atoms with Crippen molar-refractivity contribution in [3.05, 3.63) is 36.0 Å². The van der Waals surface area contributed by atoms with Crippen molar-refractivity contribution in [2.75, 3.05) is 0 Å². The fourth-order valence-electron chi connectivity index (χ4n) is 2.01. The molecule has 0 radical (unpaired) electrons. The van der Waals surface area contributed by atoms with Crippen molar-refractivity contribution in [3.63, 3.8) is 0 Å². The highest BCUT2D eigenvalue weighted by Crippen LogP contribution is 2.26. The van der Waals surface area contributed by atoms with Crippen LogP contribution in [0.5, 0.6) is 0 Å². The summed E-state index contributed by atoms with van der Waals surface area (Å²) in [6, 6.07) is 8.22. The smallest absolute Gasteiger partial charge is 0.0932 e. The number of benzene rings is 1. The lowest BCUT2D eigenvalue weighted by molar-refractivity contribution is 0.665. The van der Waals surface area contributed by atoms with Crippen LogP contribution in [-0.2, 0) is 0 Å². The predicted octanol–water partition coefficient (Wildman–Crippen LogP) is 3.53. The van der Waals surface area contributed by atoms with Crippen molar-refractivity contribution in [2.24, 2.45) is 0 Å². The molecule has 0 saturated heterocycles. The minimum Gasteiger partial charge on any atom is -0.158 e. The summed E-state index contributed by atoms with van der Waals surface area (Å²) in [6.45, 7) is 4.47. The van der Waals surface area contributed by atoms with Crippen molar-refractivity contribution < 1.29 is 0 Å². The molecule has 1 unspecified atom stereocenters. The SMILES string of the molecule is CCCC(C)c1cnnc2ccccc12. The summed E-state index contributed by atoms with van der Waals surface area (Å²) in [5.41, 5.74) is 2.32. The molecule has 0 saturated carbocycles. The van der Waals surface area contributed by atoms with E-state index in [1.54, 1.807) is 0 Å². The van der Waals surface area contributed by atoms with Crippen molar-refractivity contribution >= 4 is 10.9 Å². The van der Waals surface area contributed by atoms with Gasteiger partial charge in [0.1, 0.15) is 0 Å². The van der Waals surface area contributed by atoms with Gasteiger partial charge < -0.3 is 0 Å². The van der Waals surface area contributed by atoms with Crippen LogP contribution in [0.4, 0.5) is 0 Å². The van der Waals surface area contributed by atoms with Crippen molar-refractivity contribution in [1.82, 2.24) is 10.2 Å². The number of hydrogen-bond donors (Lipinski definition) is 0. The molecule has 15 heavy (non-hydrogen) atoms. The first-order valence-electron chi connectivity index (χ1n) is 5.53. The molecule has 1 aromatic carbocycles. The van der Waals surface area contributed by atoms with Crippen LogP contribution >= 0.6 is 0 Å². The molecule has 2 nitrogen and oxygen atoms in total. The Kier molecular flexibility index (Phi) is 2.95. The van der Waals surface area contributed by atoms with Crippen LogP contribution in [0.2, 0.25) is 0 Å². The molecule has 0 amide bonds. The highest BCUT2D eigenvalue weighted by molar-refractivity contribution is 5.81. The van der Waals surface area contributed by atoms with Gasteiger partial charge >= 0.3 is 0 Å². The lowest BCUT2D eigenvalue weighted by atomic mass is 9.95. The van der Waals surface area contributed by atoms with Gasteiger partial charge in [-0.05, 0) is 24.0 Å². The molecule has 1 heterocycles. The normalized spacial score (nSPS) is 12.9. The van der Waals surface area contributed by atoms with Crippen LogP contribution in [0.3, 0.4) is 0 Å². The fraction of sp³-hybridized carbons (Fsp3) is 0.385. The second kappa shape index (κ2) is 4.39. The maximum Gasteiger partial charge on any atom is 0.0932 e. The van der Waals surface area contributed by atoms with E-state index in [1.165, 1.54) is 23.8 Å². The van der Waals surface area contributed by atoms with Crippen molar-refractivity contribution in [2.45, 2.75) is 32.6 Å². The van der Waals surface area contributed by atoms with E-state index in [9.17, 15) is 0 Å². The minimum absolute atomic E-state index is 0.565. The Morgan fingerprint density at radius 1 is 1.27 bits per heavy atom. The maximum absolute atomic E-state index is 4.13. The Bertz CT molecular complexity index is 446. The zero-order valence-electron chi connectivity index (χ0n) is 9.27. The molecule has 2 rings (SSSR count). The van der Waals surface area contributed by atoms with Gasteiger partial charge in [-0.1, -0.05) is 38.5 Å². The van der Waals surface area contributed by atoms with Crippen LogP contribution in [0, 0.1) is 0 Å². The van der Waals surface area contributed by atoms with Crippen LogP contribution in [0.1, 0.15) is 38.2 Å². The molecule has 0 aliphatic rings. The first-order chi connectivity index (χ1) is 7.33. The molecule has 2 aromatic rings. The van der Waals surface area contributed by atoms with Crippen molar-refractivity contribution in [3.8, 4) is 0 Å². The Morgan fingerprint density at radius 2 is 2.07 bits per heavy atom. The average molecular weight is 200 g/mol. The third kappa shape index (κ3) is 1.99. The number of nitrogens with zero attached hydrogens (tertiary/aromatic N) is 2. The van der Waals surface area contributed by atoms with Gasteiger partial charge in [-0.3, -0.25) is 0 Å². The summed E-state index contributed by atoms with van der Waals surface area (Å²) >= 11 is 0. The van der Waals surface area contributed by atoms with E-state index in [0.29, 0.717) is 5.92 Å². The number of fused-ring (bicyclic) bond motifs is 1. The Balaban J connectivity index is 2.50. The first kappa shape index (κ1) is 10.1. The van der Waals surface area contributed by atoms with E-state index in [-0.39, 0.29) is 0 Å². The van der Waals surface area contributed by atoms with Gasteiger partial charge in [0.05, 0.1) is 11.7 Å². The van der Waals surface area contributed by atoms with Crippen LogP contribution in [0.15, 0.2) is 30.5 Å². The van der Waals surface area contributed by atoms with Gasteiger partial charge in [-0.2, -0.15) is 10.2 Å². The van der Waals surface area contributed by atoms with Gasteiger partial charge in [0.15, 0.2) is 0 Å². The topological polar surface area (TPSA) is 25.8 Å². The minimum atomic E-state index is 0.565. The van der Waals surface area contributed by atoms with Gasteiger partial charge in [-0.15, -0.1) is 0 Å². The molecule has 1 atom stereocenters. The monoisotopic (exact) mass is 200 g/mol. The number of aromatic nitrogens is 2. The zero-order chi connectivity index (χ0) is 10.7. The molecule has 1 aromatic heterocycles. The predicted molar refractivity (Wildman–Crippen MR) is 62.9 cm³/mol. The van der Waals surface area contributed by atoms with E-state index >= 15 is 0 Å². The molecule has 0 fully saturated rings. The molecule has 0 aliphatic carbocycles.